The first-order valence-electron chi connectivity index (χ1n) is 16.7. The summed E-state index contributed by atoms with van der Waals surface area (Å²) in [6, 6.07) is 61.4. The number of rotatable bonds is 6. The van der Waals surface area contributed by atoms with Gasteiger partial charge in [0.15, 0.2) is 0 Å². The first-order valence-corrected chi connectivity index (χ1v) is 16.7. The molecule has 0 N–H and O–H groups in total. The van der Waals surface area contributed by atoms with Crippen molar-refractivity contribution >= 4 is 48.9 Å². The van der Waals surface area contributed by atoms with E-state index in [1.54, 1.807) is 0 Å². The van der Waals surface area contributed by atoms with Crippen LogP contribution in [0.1, 0.15) is 5.56 Å². The van der Waals surface area contributed by atoms with Crippen molar-refractivity contribution in [2.75, 3.05) is 0 Å². The van der Waals surface area contributed by atoms with Gasteiger partial charge in [-0.3, -0.25) is 0 Å². The van der Waals surface area contributed by atoms with Gasteiger partial charge in [-0.25, -0.2) is 0 Å². The summed E-state index contributed by atoms with van der Waals surface area (Å²) in [7, 11) is 0. The molecule has 1 heteroatoms. The maximum Gasteiger partial charge on any atom is 0.0540 e. The SMILES string of the molecule is C=C/C=C(\C=C)c1cc(-c2ccccc2)cc(-c2cccc(-n3c4ccccc4c4ccccc4c4ccccc4c4ccccc43)c2)c1. The number of benzene rings is 7. The van der Waals surface area contributed by atoms with Crippen LogP contribution >= 0.6 is 0 Å². The van der Waals surface area contributed by atoms with Crippen molar-refractivity contribution in [2.45, 2.75) is 0 Å². The highest BCUT2D eigenvalue weighted by molar-refractivity contribution is 6.19. The molecule has 0 aliphatic carbocycles. The van der Waals surface area contributed by atoms with E-state index in [9.17, 15) is 0 Å². The fourth-order valence-corrected chi connectivity index (χ4v) is 7.10. The van der Waals surface area contributed by atoms with E-state index in [0.717, 1.165) is 44.5 Å². The van der Waals surface area contributed by atoms with Gasteiger partial charge in [0.2, 0.25) is 0 Å². The molecule has 0 unspecified atom stereocenters. The lowest BCUT2D eigenvalue weighted by Gasteiger charge is -2.16. The molecular weight excluding hydrogens is 591 g/mol. The second kappa shape index (κ2) is 13.0. The minimum Gasteiger partial charge on any atom is -0.309 e. The first-order chi connectivity index (χ1) is 24.2. The Morgan fingerprint density at radius 3 is 1.43 bits per heavy atom. The first kappa shape index (κ1) is 29.9. The number of fused-ring (bicyclic) bond motifs is 7. The zero-order valence-electron chi connectivity index (χ0n) is 27.3. The van der Waals surface area contributed by atoms with E-state index in [-0.39, 0.29) is 0 Å². The lowest BCUT2D eigenvalue weighted by molar-refractivity contribution is 1.17. The predicted molar refractivity (Wildman–Crippen MR) is 213 cm³/mol. The molecule has 232 valence electrons. The van der Waals surface area contributed by atoms with Gasteiger partial charge in [-0.05, 0) is 97.4 Å². The van der Waals surface area contributed by atoms with Crippen LogP contribution < -0.4 is 0 Å². The predicted octanol–water partition coefficient (Wildman–Crippen LogP) is 13.3. The van der Waals surface area contributed by atoms with E-state index in [0.29, 0.717) is 0 Å². The van der Waals surface area contributed by atoms with Crippen LogP contribution in [0.4, 0.5) is 0 Å². The Hall–Kier alpha value is -6.44. The number of nitrogens with zero attached hydrogens (tertiary/aromatic N) is 1. The van der Waals surface area contributed by atoms with Gasteiger partial charge in [0, 0.05) is 16.5 Å². The number of hydrogen-bond donors (Lipinski definition) is 0. The van der Waals surface area contributed by atoms with Crippen LogP contribution in [0.5, 0.6) is 0 Å². The van der Waals surface area contributed by atoms with E-state index < -0.39 is 0 Å². The van der Waals surface area contributed by atoms with Crippen molar-refractivity contribution in [3.63, 3.8) is 0 Å². The Morgan fingerprint density at radius 2 is 0.878 bits per heavy atom. The Balaban J connectivity index is 1.48. The maximum atomic E-state index is 4.11. The Kier molecular flexibility index (Phi) is 7.93. The summed E-state index contributed by atoms with van der Waals surface area (Å²) >= 11 is 0. The van der Waals surface area contributed by atoms with Crippen LogP contribution in [-0.4, -0.2) is 4.57 Å². The molecular formula is C48H35N. The fraction of sp³-hybridized carbons (Fsp3) is 0. The molecule has 8 rings (SSSR count). The highest BCUT2D eigenvalue weighted by atomic mass is 15.0. The number of hydrogen-bond acceptors (Lipinski definition) is 0. The maximum absolute atomic E-state index is 4.11. The summed E-state index contributed by atoms with van der Waals surface area (Å²) in [5.74, 6) is 0. The highest BCUT2D eigenvalue weighted by Gasteiger charge is 2.13. The Bertz CT molecular complexity index is 2530. The average Bonchev–Trinajstić information content (AvgIpc) is 3.21. The van der Waals surface area contributed by atoms with Crippen LogP contribution in [-0.2, 0) is 0 Å². The smallest absolute Gasteiger partial charge is 0.0540 e. The van der Waals surface area contributed by atoms with Gasteiger partial charge in [-0.2, -0.15) is 0 Å². The van der Waals surface area contributed by atoms with Crippen molar-refractivity contribution in [3.05, 3.63) is 207 Å². The van der Waals surface area contributed by atoms with Gasteiger partial charge in [-0.1, -0.05) is 159 Å². The Labute approximate surface area is 287 Å². The van der Waals surface area contributed by atoms with Crippen LogP contribution in [0.2, 0.25) is 0 Å². The standard InChI is InChI=1S/C48H35N/c1-3-17-34(4-2)37-30-38(35-18-6-5-7-19-35)32-39(31-37)36-20-16-21-40(33-36)49-47-28-14-12-26-45(47)43-24-10-8-22-41(43)42-23-9-11-25-44(42)46-27-13-15-29-48(46)49/h3-33H,1-2H2/b34-17+. The van der Waals surface area contributed by atoms with Crippen molar-refractivity contribution in [2.24, 2.45) is 0 Å². The van der Waals surface area contributed by atoms with Gasteiger partial charge in [0.1, 0.15) is 0 Å². The molecule has 0 bridgehead atoms. The average molecular weight is 626 g/mol. The molecule has 1 heterocycles. The molecule has 0 radical (unpaired) electrons. The topological polar surface area (TPSA) is 4.93 Å². The third-order valence-electron chi connectivity index (χ3n) is 9.34. The summed E-state index contributed by atoms with van der Waals surface area (Å²) < 4.78 is 2.43. The van der Waals surface area contributed by atoms with Crippen LogP contribution in [0.3, 0.4) is 0 Å². The van der Waals surface area contributed by atoms with Crippen LogP contribution in [0.15, 0.2) is 201 Å². The summed E-state index contributed by atoms with van der Waals surface area (Å²) in [6.45, 7) is 8.07. The molecule has 0 amide bonds. The molecule has 8 aromatic rings. The number of para-hydroxylation sites is 2. The lowest BCUT2D eigenvalue weighted by Crippen LogP contribution is -1.98. The minimum atomic E-state index is 1.03. The Morgan fingerprint density at radius 1 is 0.408 bits per heavy atom. The molecule has 0 aliphatic rings. The van der Waals surface area contributed by atoms with E-state index in [1.807, 2.05) is 18.2 Å². The third kappa shape index (κ3) is 5.52. The molecule has 0 spiro atoms. The van der Waals surface area contributed by atoms with E-state index in [4.69, 9.17) is 0 Å². The largest absolute Gasteiger partial charge is 0.309 e. The monoisotopic (exact) mass is 625 g/mol. The van der Waals surface area contributed by atoms with Gasteiger partial charge < -0.3 is 4.57 Å². The second-order valence-electron chi connectivity index (χ2n) is 12.2. The molecule has 0 fully saturated rings. The lowest BCUT2D eigenvalue weighted by atomic mass is 9.93. The zero-order valence-corrected chi connectivity index (χ0v) is 27.3. The molecule has 0 saturated carbocycles. The number of aromatic nitrogens is 1. The molecule has 1 aromatic heterocycles. The van der Waals surface area contributed by atoms with Gasteiger partial charge >= 0.3 is 0 Å². The molecule has 0 saturated heterocycles. The fourth-order valence-electron chi connectivity index (χ4n) is 7.10. The van der Waals surface area contributed by atoms with Crippen LogP contribution in [0.25, 0.3) is 76.9 Å². The van der Waals surface area contributed by atoms with Crippen molar-refractivity contribution in [3.8, 4) is 27.9 Å². The van der Waals surface area contributed by atoms with Gasteiger partial charge in [0.25, 0.3) is 0 Å². The summed E-state index contributed by atoms with van der Waals surface area (Å²) in [4.78, 5) is 0. The second-order valence-corrected chi connectivity index (χ2v) is 12.2. The van der Waals surface area contributed by atoms with E-state index >= 15 is 0 Å². The molecule has 7 aromatic carbocycles. The third-order valence-corrected chi connectivity index (χ3v) is 9.34. The highest BCUT2D eigenvalue weighted by Crippen LogP contribution is 2.36. The van der Waals surface area contributed by atoms with Gasteiger partial charge in [0.05, 0.1) is 11.0 Å². The molecule has 49 heavy (non-hydrogen) atoms. The quantitative estimate of drug-likeness (QED) is 0.162. The minimum absolute atomic E-state index is 1.03. The van der Waals surface area contributed by atoms with Crippen molar-refractivity contribution in [1.82, 2.24) is 4.57 Å². The van der Waals surface area contributed by atoms with E-state index in [1.165, 1.54) is 37.9 Å². The normalized spacial score (nSPS) is 11.6. The molecule has 1 nitrogen and oxygen atoms in total. The van der Waals surface area contributed by atoms with Crippen LogP contribution in [0, 0.1) is 0 Å². The number of allylic oxidation sites excluding steroid dienone is 4. The molecule has 0 aliphatic heterocycles. The summed E-state index contributed by atoms with van der Waals surface area (Å²) in [6.07, 6.45) is 5.74. The zero-order chi connectivity index (χ0) is 33.2. The van der Waals surface area contributed by atoms with Crippen molar-refractivity contribution < 1.29 is 0 Å². The molecule has 0 atom stereocenters. The van der Waals surface area contributed by atoms with Crippen molar-refractivity contribution in [1.29, 1.82) is 0 Å². The summed E-state index contributed by atoms with van der Waals surface area (Å²) in [5.41, 5.74) is 10.1. The van der Waals surface area contributed by atoms with Gasteiger partial charge in [-0.15, -0.1) is 0 Å². The summed E-state index contributed by atoms with van der Waals surface area (Å²) in [5, 5.41) is 7.26. The van der Waals surface area contributed by atoms with E-state index in [2.05, 4.69) is 188 Å².